The van der Waals surface area contributed by atoms with Gasteiger partial charge in [0.1, 0.15) is 23.6 Å². The molecule has 0 aliphatic heterocycles. The van der Waals surface area contributed by atoms with Gasteiger partial charge in [-0.2, -0.15) is 0 Å². The zero-order valence-corrected chi connectivity index (χ0v) is 27.2. The van der Waals surface area contributed by atoms with E-state index < -0.39 is 26.0 Å². The largest absolute Gasteiger partial charge is 0.460 e. The molecule has 5 nitrogen and oxygen atoms in total. The molecule has 0 unspecified atom stereocenters. The SMILES string of the molecule is CC(C)(C)OC(=O)CC(=O)C[C@@H](/C=C/c1c(C2CC2)nc2ccccc2c1-c1ccc(F)cc1)O[Si](C)(C)C(C)(C)C. The minimum absolute atomic E-state index is 0.0634. The molecule has 0 radical (unpaired) electrons. The van der Waals surface area contributed by atoms with E-state index in [4.69, 9.17) is 14.1 Å². The van der Waals surface area contributed by atoms with E-state index >= 15 is 0 Å². The number of fused-ring (bicyclic) bond motifs is 1. The number of ether oxygens (including phenoxy) is 1. The Balaban J connectivity index is 1.77. The van der Waals surface area contributed by atoms with Gasteiger partial charge in [0.25, 0.3) is 0 Å². The van der Waals surface area contributed by atoms with Crippen LogP contribution in [0.25, 0.3) is 28.1 Å². The van der Waals surface area contributed by atoms with Crippen molar-refractivity contribution < 1.29 is 23.1 Å². The van der Waals surface area contributed by atoms with E-state index in [-0.39, 0.29) is 29.5 Å². The molecule has 1 saturated carbocycles. The van der Waals surface area contributed by atoms with Crippen molar-refractivity contribution in [3.05, 3.63) is 71.7 Å². The molecule has 0 spiro atoms. The lowest BCUT2D eigenvalue weighted by molar-refractivity contribution is -0.156. The molecule has 3 aromatic rings. The molecule has 0 bridgehead atoms. The first kappa shape index (κ1) is 31.8. The van der Waals surface area contributed by atoms with Crippen LogP contribution in [0.4, 0.5) is 4.39 Å². The molecule has 1 aromatic heterocycles. The van der Waals surface area contributed by atoms with Crippen molar-refractivity contribution in [2.45, 2.75) is 103 Å². The van der Waals surface area contributed by atoms with Gasteiger partial charge in [0, 0.05) is 28.9 Å². The predicted molar refractivity (Wildman–Crippen MR) is 170 cm³/mol. The minimum atomic E-state index is -2.28. The highest BCUT2D eigenvalue weighted by Gasteiger charge is 2.39. The van der Waals surface area contributed by atoms with Crippen molar-refractivity contribution in [2.24, 2.45) is 0 Å². The highest BCUT2D eigenvalue weighted by Crippen LogP contribution is 2.45. The highest BCUT2D eigenvalue weighted by atomic mass is 28.4. The van der Waals surface area contributed by atoms with E-state index in [9.17, 15) is 14.0 Å². The average Bonchev–Trinajstić information content (AvgIpc) is 3.70. The standard InChI is InChI=1S/C35H44FNO4Si/c1-34(2,3)40-31(39)22-26(38)21-27(41-42(7,8)35(4,5)6)19-20-29-32(23-15-17-25(36)18-16-23)28-11-9-10-12-30(28)37-33(29)24-13-14-24/h9-12,15-20,24,27H,13-14,21-22H2,1-8H3/b20-19+/t27-/m1/s1. The summed E-state index contributed by atoms with van der Waals surface area (Å²) in [5, 5.41) is 0.909. The summed E-state index contributed by atoms with van der Waals surface area (Å²) in [6.45, 7) is 16.2. The maximum Gasteiger partial charge on any atom is 0.313 e. The number of carbonyl (C=O) groups is 2. The molecule has 1 aliphatic carbocycles. The third-order valence-electron chi connectivity index (χ3n) is 7.98. The van der Waals surface area contributed by atoms with Crippen molar-refractivity contribution in [3.63, 3.8) is 0 Å². The van der Waals surface area contributed by atoms with Gasteiger partial charge in [-0.05, 0) is 75.5 Å². The fourth-order valence-corrected chi connectivity index (χ4v) is 6.03. The fourth-order valence-electron chi connectivity index (χ4n) is 4.75. The van der Waals surface area contributed by atoms with E-state index in [1.165, 1.54) is 12.1 Å². The first-order valence-corrected chi connectivity index (χ1v) is 17.7. The number of pyridine rings is 1. The van der Waals surface area contributed by atoms with E-state index in [0.717, 1.165) is 46.1 Å². The van der Waals surface area contributed by atoms with E-state index in [0.29, 0.717) is 5.92 Å². The fraction of sp³-hybridized carbons (Fsp3) is 0.457. The molecule has 1 atom stereocenters. The molecular formula is C35H44FNO4Si. The minimum Gasteiger partial charge on any atom is -0.460 e. The van der Waals surface area contributed by atoms with Crippen molar-refractivity contribution in [3.8, 4) is 11.1 Å². The Morgan fingerprint density at radius 3 is 2.26 bits per heavy atom. The second kappa shape index (κ2) is 12.2. The summed E-state index contributed by atoms with van der Waals surface area (Å²) < 4.78 is 26.1. The number of esters is 1. The number of benzene rings is 2. The van der Waals surface area contributed by atoms with Gasteiger partial charge in [0.15, 0.2) is 8.32 Å². The molecule has 4 rings (SSSR count). The summed E-state index contributed by atoms with van der Waals surface area (Å²) in [5.41, 5.74) is 4.11. The Morgan fingerprint density at radius 1 is 1.02 bits per heavy atom. The number of hydrogen-bond acceptors (Lipinski definition) is 5. The van der Waals surface area contributed by atoms with Gasteiger partial charge in [-0.3, -0.25) is 14.6 Å². The highest BCUT2D eigenvalue weighted by molar-refractivity contribution is 6.74. The van der Waals surface area contributed by atoms with E-state index in [2.05, 4.69) is 33.9 Å². The van der Waals surface area contributed by atoms with Gasteiger partial charge in [-0.15, -0.1) is 0 Å². The van der Waals surface area contributed by atoms with E-state index in [1.807, 2.05) is 36.4 Å². The van der Waals surface area contributed by atoms with Gasteiger partial charge in [-0.1, -0.05) is 63.3 Å². The van der Waals surface area contributed by atoms with Crippen LogP contribution in [0.1, 0.15) is 84.4 Å². The number of nitrogens with zero attached hydrogens (tertiary/aromatic N) is 1. The Labute approximate surface area is 250 Å². The van der Waals surface area contributed by atoms with Crippen LogP contribution in [-0.4, -0.2) is 36.8 Å². The third-order valence-corrected chi connectivity index (χ3v) is 12.5. The Bertz CT molecular complexity index is 1480. The number of rotatable bonds is 10. The lowest BCUT2D eigenvalue weighted by Gasteiger charge is -2.38. The molecule has 1 aliphatic rings. The summed E-state index contributed by atoms with van der Waals surface area (Å²) in [7, 11) is -2.28. The average molecular weight is 590 g/mol. The van der Waals surface area contributed by atoms with Gasteiger partial charge >= 0.3 is 5.97 Å². The lowest BCUT2D eigenvalue weighted by Crippen LogP contribution is -2.44. The van der Waals surface area contributed by atoms with Crippen LogP contribution in [0.2, 0.25) is 18.1 Å². The van der Waals surface area contributed by atoms with Gasteiger partial charge in [-0.25, -0.2) is 4.39 Å². The molecule has 2 aromatic carbocycles. The van der Waals surface area contributed by atoms with Crippen LogP contribution >= 0.6 is 0 Å². The second-order valence-corrected chi connectivity index (χ2v) is 18.6. The lowest BCUT2D eigenvalue weighted by atomic mass is 9.92. The number of halogens is 1. The van der Waals surface area contributed by atoms with Crippen molar-refractivity contribution in [2.75, 3.05) is 0 Å². The molecule has 42 heavy (non-hydrogen) atoms. The van der Waals surface area contributed by atoms with Gasteiger partial charge in [0.2, 0.25) is 0 Å². The number of ketones is 1. The normalized spacial score (nSPS) is 15.3. The van der Waals surface area contributed by atoms with Crippen LogP contribution in [0.3, 0.4) is 0 Å². The smallest absolute Gasteiger partial charge is 0.313 e. The molecule has 1 fully saturated rings. The van der Waals surface area contributed by atoms with E-state index in [1.54, 1.807) is 32.9 Å². The number of Topliss-reactive ketones (excluding diaryl/α,β-unsaturated/α-hetero) is 1. The Kier molecular flexibility index (Phi) is 9.24. The maximum atomic E-state index is 13.9. The number of carbonyl (C=O) groups excluding carboxylic acids is 2. The monoisotopic (exact) mass is 589 g/mol. The number of para-hydroxylation sites is 1. The molecule has 0 saturated heterocycles. The predicted octanol–water partition coefficient (Wildman–Crippen LogP) is 9.01. The van der Waals surface area contributed by atoms with Crippen molar-refractivity contribution >= 4 is 37.0 Å². The molecule has 0 N–H and O–H groups in total. The summed E-state index contributed by atoms with van der Waals surface area (Å²) in [5.74, 6) is -0.698. The number of hydrogen-bond donors (Lipinski definition) is 0. The van der Waals surface area contributed by atoms with Crippen LogP contribution in [0, 0.1) is 5.82 Å². The maximum absolute atomic E-state index is 13.9. The first-order valence-electron chi connectivity index (χ1n) is 14.8. The zero-order chi connectivity index (χ0) is 30.9. The summed E-state index contributed by atoms with van der Waals surface area (Å²) in [6.07, 6.45) is 5.35. The molecular weight excluding hydrogens is 545 g/mol. The molecule has 224 valence electrons. The molecule has 7 heteroatoms. The quantitative estimate of drug-likeness (QED) is 0.134. The van der Waals surface area contributed by atoms with Gasteiger partial charge < -0.3 is 9.16 Å². The second-order valence-electron chi connectivity index (χ2n) is 13.9. The van der Waals surface area contributed by atoms with Crippen LogP contribution in [0.15, 0.2) is 54.6 Å². The third kappa shape index (κ3) is 8.01. The summed E-state index contributed by atoms with van der Waals surface area (Å²) in [4.78, 5) is 30.6. The summed E-state index contributed by atoms with van der Waals surface area (Å²) >= 11 is 0. The van der Waals surface area contributed by atoms with Gasteiger partial charge in [0.05, 0.1) is 17.3 Å². The first-order chi connectivity index (χ1) is 19.5. The number of aromatic nitrogens is 1. The molecule has 0 amide bonds. The van der Waals surface area contributed by atoms with Crippen molar-refractivity contribution in [1.82, 2.24) is 4.98 Å². The van der Waals surface area contributed by atoms with Crippen LogP contribution in [0.5, 0.6) is 0 Å². The summed E-state index contributed by atoms with van der Waals surface area (Å²) in [6, 6.07) is 14.6. The topological polar surface area (TPSA) is 65.5 Å². The molecule has 1 heterocycles. The van der Waals surface area contributed by atoms with Crippen molar-refractivity contribution in [1.29, 1.82) is 0 Å². The van der Waals surface area contributed by atoms with Crippen LogP contribution in [-0.2, 0) is 18.8 Å². The van der Waals surface area contributed by atoms with Crippen LogP contribution < -0.4 is 0 Å². The zero-order valence-electron chi connectivity index (χ0n) is 26.2. The Morgan fingerprint density at radius 2 is 1.67 bits per heavy atom. The Hall–Kier alpha value is -3.16.